The van der Waals surface area contributed by atoms with Gasteiger partial charge in [-0.05, 0) is 36.4 Å². The van der Waals surface area contributed by atoms with E-state index in [-0.39, 0.29) is 17.2 Å². The highest BCUT2D eigenvalue weighted by molar-refractivity contribution is 5.99. The van der Waals surface area contributed by atoms with E-state index in [2.05, 4.69) is 20.4 Å². The van der Waals surface area contributed by atoms with Crippen LogP contribution < -0.4 is 10.6 Å². The predicted molar refractivity (Wildman–Crippen MR) is 74.6 cm³/mol. The number of amides is 2. The zero-order chi connectivity index (χ0) is 15.2. The number of aromatic nitrogens is 1. The number of urea groups is 1. The van der Waals surface area contributed by atoms with Gasteiger partial charge in [0.1, 0.15) is 11.6 Å². The number of esters is 1. The number of carbonyl (C=O) groups excluding carboxylic acids is 2. The Bertz CT molecular complexity index is 642. The number of rotatable bonds is 3. The molecule has 0 unspecified atom stereocenters. The minimum absolute atomic E-state index is 0.266. The maximum atomic E-state index is 12.7. The average molecular weight is 289 g/mol. The summed E-state index contributed by atoms with van der Waals surface area (Å²) in [5.74, 6) is -0.631. The Morgan fingerprint density at radius 1 is 1.10 bits per heavy atom. The highest BCUT2D eigenvalue weighted by Gasteiger charge is 2.07. The van der Waals surface area contributed by atoms with E-state index in [9.17, 15) is 14.0 Å². The lowest BCUT2D eigenvalue weighted by Crippen LogP contribution is -2.20. The van der Waals surface area contributed by atoms with Crippen LogP contribution in [0.4, 0.5) is 20.7 Å². The van der Waals surface area contributed by atoms with Gasteiger partial charge in [-0.15, -0.1) is 0 Å². The van der Waals surface area contributed by atoms with Crippen molar-refractivity contribution in [3.05, 3.63) is 54.0 Å². The summed E-state index contributed by atoms with van der Waals surface area (Å²) >= 11 is 0. The fourth-order valence-electron chi connectivity index (χ4n) is 1.52. The number of ether oxygens (including phenoxy) is 1. The van der Waals surface area contributed by atoms with E-state index in [0.717, 1.165) is 0 Å². The quantitative estimate of drug-likeness (QED) is 0.851. The molecule has 0 saturated carbocycles. The lowest BCUT2D eigenvalue weighted by molar-refractivity contribution is 0.0600. The molecule has 0 atom stereocenters. The third-order valence-electron chi connectivity index (χ3n) is 2.53. The van der Waals surface area contributed by atoms with Crippen LogP contribution in [0.1, 0.15) is 10.4 Å². The number of nitrogens with zero attached hydrogens (tertiary/aromatic N) is 1. The Morgan fingerprint density at radius 2 is 1.81 bits per heavy atom. The maximum absolute atomic E-state index is 12.7. The molecule has 2 rings (SSSR count). The first-order valence-electron chi connectivity index (χ1n) is 5.96. The van der Waals surface area contributed by atoms with Crippen molar-refractivity contribution in [1.29, 1.82) is 0 Å². The number of anilines is 2. The molecule has 1 aromatic carbocycles. The normalized spacial score (nSPS) is 9.81. The summed E-state index contributed by atoms with van der Waals surface area (Å²) in [5.41, 5.74) is 0.724. The Kier molecular flexibility index (Phi) is 4.45. The largest absolute Gasteiger partial charge is 0.465 e. The van der Waals surface area contributed by atoms with E-state index in [4.69, 9.17) is 0 Å². The lowest BCUT2D eigenvalue weighted by Gasteiger charge is -2.07. The van der Waals surface area contributed by atoms with Gasteiger partial charge in [-0.3, -0.25) is 5.32 Å². The molecular weight excluding hydrogens is 277 g/mol. The summed E-state index contributed by atoms with van der Waals surface area (Å²) < 4.78 is 17.3. The van der Waals surface area contributed by atoms with Gasteiger partial charge >= 0.3 is 12.0 Å². The molecule has 0 saturated heterocycles. The molecule has 0 aliphatic rings. The molecule has 1 aromatic heterocycles. The fraction of sp³-hybridized carbons (Fsp3) is 0.0714. The number of methoxy groups -OCH3 is 1. The summed E-state index contributed by atoms with van der Waals surface area (Å²) in [4.78, 5) is 26.8. The van der Waals surface area contributed by atoms with Crippen molar-refractivity contribution in [2.45, 2.75) is 0 Å². The molecule has 6 nitrogen and oxygen atoms in total. The highest BCUT2D eigenvalue weighted by atomic mass is 19.1. The lowest BCUT2D eigenvalue weighted by atomic mass is 10.3. The highest BCUT2D eigenvalue weighted by Crippen LogP contribution is 2.10. The zero-order valence-corrected chi connectivity index (χ0v) is 11.1. The van der Waals surface area contributed by atoms with Crippen LogP contribution in [-0.4, -0.2) is 24.1 Å². The van der Waals surface area contributed by atoms with Crippen molar-refractivity contribution in [3.8, 4) is 0 Å². The fourth-order valence-corrected chi connectivity index (χ4v) is 1.52. The van der Waals surface area contributed by atoms with Crippen LogP contribution in [-0.2, 0) is 4.74 Å². The van der Waals surface area contributed by atoms with E-state index in [0.29, 0.717) is 5.69 Å². The molecule has 21 heavy (non-hydrogen) atoms. The number of halogens is 1. The van der Waals surface area contributed by atoms with Gasteiger partial charge in [0.05, 0.1) is 12.7 Å². The van der Waals surface area contributed by atoms with Crippen molar-refractivity contribution >= 4 is 23.5 Å². The third kappa shape index (κ3) is 4.00. The number of benzene rings is 1. The van der Waals surface area contributed by atoms with Crippen molar-refractivity contribution in [3.63, 3.8) is 0 Å². The van der Waals surface area contributed by atoms with E-state index in [1.165, 1.54) is 49.7 Å². The molecule has 0 radical (unpaired) electrons. The Balaban J connectivity index is 1.96. The van der Waals surface area contributed by atoms with Crippen LogP contribution in [0.2, 0.25) is 0 Å². The standard InChI is InChI=1S/C14H12FN3O3/c1-21-13(19)9-2-7-12(16-8-9)18-14(20)17-11-5-3-10(15)4-6-11/h2-8H,1H3,(H2,16,17,18,20). The number of carbonyl (C=O) groups is 2. The first-order chi connectivity index (χ1) is 10.1. The Hall–Kier alpha value is -2.96. The molecule has 0 fully saturated rings. The monoisotopic (exact) mass is 289 g/mol. The second-order valence-electron chi connectivity index (χ2n) is 4.01. The molecule has 0 aliphatic carbocycles. The second kappa shape index (κ2) is 6.47. The van der Waals surface area contributed by atoms with Crippen molar-refractivity contribution in [2.75, 3.05) is 17.7 Å². The maximum Gasteiger partial charge on any atom is 0.339 e. The van der Waals surface area contributed by atoms with Gasteiger partial charge in [-0.2, -0.15) is 0 Å². The molecule has 0 spiro atoms. The van der Waals surface area contributed by atoms with Gasteiger partial charge in [-0.25, -0.2) is 19.0 Å². The third-order valence-corrected chi connectivity index (χ3v) is 2.53. The van der Waals surface area contributed by atoms with Crippen molar-refractivity contribution in [1.82, 2.24) is 4.98 Å². The molecule has 2 amide bonds. The molecule has 7 heteroatoms. The van der Waals surface area contributed by atoms with Crippen LogP contribution >= 0.6 is 0 Å². The van der Waals surface area contributed by atoms with Gasteiger partial charge in [0.2, 0.25) is 0 Å². The smallest absolute Gasteiger partial charge is 0.339 e. The van der Waals surface area contributed by atoms with Gasteiger partial charge in [-0.1, -0.05) is 0 Å². The van der Waals surface area contributed by atoms with Crippen LogP contribution in [0.5, 0.6) is 0 Å². The summed E-state index contributed by atoms with van der Waals surface area (Å²) in [6.07, 6.45) is 1.29. The number of hydrogen-bond donors (Lipinski definition) is 2. The molecular formula is C14H12FN3O3. The summed E-state index contributed by atoms with van der Waals surface area (Å²) in [7, 11) is 1.27. The Labute approximate surface area is 120 Å². The minimum atomic E-state index is -0.528. The van der Waals surface area contributed by atoms with E-state index in [1.807, 2.05) is 0 Å². The average Bonchev–Trinajstić information content (AvgIpc) is 2.49. The molecule has 0 bridgehead atoms. The van der Waals surface area contributed by atoms with Gasteiger partial charge in [0, 0.05) is 11.9 Å². The topological polar surface area (TPSA) is 80.3 Å². The minimum Gasteiger partial charge on any atom is -0.465 e. The van der Waals surface area contributed by atoms with Crippen LogP contribution in [0, 0.1) is 5.82 Å². The van der Waals surface area contributed by atoms with Gasteiger partial charge in [0.25, 0.3) is 0 Å². The van der Waals surface area contributed by atoms with Crippen molar-refractivity contribution in [2.24, 2.45) is 0 Å². The molecule has 2 aromatic rings. The molecule has 1 heterocycles. The van der Waals surface area contributed by atoms with Crippen LogP contribution in [0.25, 0.3) is 0 Å². The van der Waals surface area contributed by atoms with Crippen molar-refractivity contribution < 1.29 is 18.7 Å². The van der Waals surface area contributed by atoms with E-state index < -0.39 is 12.0 Å². The summed E-state index contributed by atoms with van der Waals surface area (Å²) in [6, 6.07) is 7.76. The molecule has 0 aliphatic heterocycles. The van der Waals surface area contributed by atoms with Gasteiger partial charge < -0.3 is 10.1 Å². The Morgan fingerprint density at radius 3 is 2.38 bits per heavy atom. The first kappa shape index (κ1) is 14.4. The SMILES string of the molecule is COC(=O)c1ccc(NC(=O)Nc2ccc(F)cc2)nc1. The summed E-state index contributed by atoms with van der Waals surface area (Å²) in [5, 5.41) is 5.00. The second-order valence-corrected chi connectivity index (χ2v) is 4.01. The first-order valence-corrected chi connectivity index (χ1v) is 5.96. The zero-order valence-electron chi connectivity index (χ0n) is 11.1. The molecule has 108 valence electrons. The number of nitrogens with one attached hydrogen (secondary N) is 2. The van der Waals surface area contributed by atoms with Crippen LogP contribution in [0.15, 0.2) is 42.6 Å². The van der Waals surface area contributed by atoms with Crippen LogP contribution in [0.3, 0.4) is 0 Å². The van der Waals surface area contributed by atoms with E-state index in [1.54, 1.807) is 0 Å². The molecule has 2 N–H and O–H groups in total. The number of pyridine rings is 1. The summed E-state index contributed by atoms with van der Waals surface area (Å²) in [6.45, 7) is 0. The van der Waals surface area contributed by atoms with Gasteiger partial charge in [0.15, 0.2) is 0 Å². The number of hydrogen-bond acceptors (Lipinski definition) is 4. The predicted octanol–water partition coefficient (Wildman–Crippen LogP) is 2.65. The van der Waals surface area contributed by atoms with E-state index >= 15 is 0 Å².